The second kappa shape index (κ2) is 13.1. The van der Waals surface area contributed by atoms with Gasteiger partial charge >= 0.3 is 5.97 Å². The third-order valence-corrected chi connectivity index (χ3v) is 3.48. The molecule has 0 bridgehead atoms. The third-order valence-electron chi connectivity index (χ3n) is 3.48. The SMILES string of the molecule is CCCCCCCC(=O)CNC(C)CCCCC(=O)O. The smallest absolute Gasteiger partial charge is 0.303 e. The summed E-state index contributed by atoms with van der Waals surface area (Å²) in [5.74, 6) is -0.442. The summed E-state index contributed by atoms with van der Waals surface area (Å²) in [5.41, 5.74) is 0. The maximum atomic E-state index is 11.7. The quantitative estimate of drug-likeness (QED) is 0.479. The first-order chi connectivity index (χ1) is 9.56. The molecule has 0 aliphatic carbocycles. The summed E-state index contributed by atoms with van der Waals surface area (Å²) in [7, 11) is 0. The molecule has 1 atom stereocenters. The Morgan fingerprint density at radius 1 is 1.00 bits per heavy atom. The van der Waals surface area contributed by atoms with Crippen LogP contribution in [-0.2, 0) is 9.59 Å². The van der Waals surface area contributed by atoms with Crippen LogP contribution in [0.2, 0.25) is 0 Å². The summed E-state index contributed by atoms with van der Waals surface area (Å²) in [4.78, 5) is 22.0. The normalized spacial score (nSPS) is 12.3. The van der Waals surface area contributed by atoms with Crippen LogP contribution in [0.15, 0.2) is 0 Å². The molecule has 0 aromatic heterocycles. The van der Waals surface area contributed by atoms with Gasteiger partial charge in [0.25, 0.3) is 0 Å². The van der Waals surface area contributed by atoms with E-state index in [9.17, 15) is 9.59 Å². The molecule has 0 aliphatic rings. The summed E-state index contributed by atoms with van der Waals surface area (Å²) in [6.07, 6.45) is 9.35. The molecule has 4 heteroatoms. The molecule has 2 N–H and O–H groups in total. The van der Waals surface area contributed by atoms with Gasteiger partial charge in [0.1, 0.15) is 5.78 Å². The largest absolute Gasteiger partial charge is 0.481 e. The van der Waals surface area contributed by atoms with Crippen molar-refractivity contribution in [2.24, 2.45) is 0 Å². The Morgan fingerprint density at radius 3 is 2.30 bits per heavy atom. The van der Waals surface area contributed by atoms with Crippen molar-refractivity contribution in [2.45, 2.75) is 84.1 Å². The van der Waals surface area contributed by atoms with Crippen LogP contribution in [0.3, 0.4) is 0 Å². The topological polar surface area (TPSA) is 66.4 Å². The van der Waals surface area contributed by atoms with Crippen LogP contribution in [0.4, 0.5) is 0 Å². The van der Waals surface area contributed by atoms with Crippen molar-refractivity contribution in [2.75, 3.05) is 6.54 Å². The fraction of sp³-hybridized carbons (Fsp3) is 0.875. The highest BCUT2D eigenvalue weighted by atomic mass is 16.4. The Bertz CT molecular complexity index is 266. The zero-order chi connectivity index (χ0) is 15.2. The van der Waals surface area contributed by atoms with Gasteiger partial charge in [0.05, 0.1) is 6.54 Å². The van der Waals surface area contributed by atoms with Gasteiger partial charge in [0.15, 0.2) is 0 Å². The lowest BCUT2D eigenvalue weighted by Crippen LogP contribution is -2.31. The molecular weight excluding hydrogens is 254 g/mol. The lowest BCUT2D eigenvalue weighted by molar-refractivity contribution is -0.137. The average Bonchev–Trinajstić information content (AvgIpc) is 2.41. The molecule has 0 heterocycles. The number of carbonyl (C=O) groups excluding carboxylic acids is 1. The van der Waals surface area contributed by atoms with Gasteiger partial charge in [-0.3, -0.25) is 9.59 Å². The molecule has 0 aliphatic heterocycles. The van der Waals surface area contributed by atoms with Crippen molar-refractivity contribution in [3.05, 3.63) is 0 Å². The van der Waals surface area contributed by atoms with Crippen LogP contribution in [-0.4, -0.2) is 29.4 Å². The Kier molecular flexibility index (Phi) is 12.5. The lowest BCUT2D eigenvalue weighted by Gasteiger charge is -2.12. The molecule has 0 aromatic rings. The van der Waals surface area contributed by atoms with E-state index in [1.165, 1.54) is 19.3 Å². The molecule has 0 saturated heterocycles. The second-order valence-electron chi connectivity index (χ2n) is 5.62. The number of ketones is 1. The monoisotopic (exact) mass is 285 g/mol. The number of nitrogens with one attached hydrogen (secondary N) is 1. The molecule has 0 radical (unpaired) electrons. The molecule has 0 aromatic carbocycles. The maximum Gasteiger partial charge on any atom is 0.303 e. The van der Waals surface area contributed by atoms with E-state index in [4.69, 9.17) is 5.11 Å². The summed E-state index contributed by atoms with van der Waals surface area (Å²) >= 11 is 0. The van der Waals surface area contributed by atoms with Crippen LogP contribution in [0, 0.1) is 0 Å². The number of hydrogen-bond donors (Lipinski definition) is 2. The van der Waals surface area contributed by atoms with E-state index < -0.39 is 5.97 Å². The molecule has 118 valence electrons. The minimum atomic E-state index is -0.733. The van der Waals surface area contributed by atoms with Crippen molar-refractivity contribution < 1.29 is 14.7 Å². The maximum absolute atomic E-state index is 11.7. The molecule has 0 rings (SSSR count). The summed E-state index contributed by atoms with van der Waals surface area (Å²) in [6, 6.07) is 0.285. The average molecular weight is 285 g/mol. The van der Waals surface area contributed by atoms with Crippen LogP contribution in [0.1, 0.15) is 78.1 Å². The van der Waals surface area contributed by atoms with Crippen LogP contribution < -0.4 is 5.32 Å². The predicted molar refractivity (Wildman–Crippen MR) is 82.0 cm³/mol. The number of rotatable bonds is 14. The van der Waals surface area contributed by atoms with Crippen molar-refractivity contribution >= 4 is 11.8 Å². The van der Waals surface area contributed by atoms with Gasteiger partial charge in [0, 0.05) is 18.9 Å². The van der Waals surface area contributed by atoms with E-state index in [1.807, 2.05) is 0 Å². The first-order valence-corrected chi connectivity index (χ1v) is 8.03. The minimum absolute atomic E-state index is 0.239. The van der Waals surface area contributed by atoms with Crippen molar-refractivity contribution in [3.63, 3.8) is 0 Å². The third kappa shape index (κ3) is 13.5. The first kappa shape index (κ1) is 19.1. The van der Waals surface area contributed by atoms with Gasteiger partial charge in [0.2, 0.25) is 0 Å². The van der Waals surface area contributed by atoms with Gasteiger partial charge in [-0.25, -0.2) is 0 Å². The van der Waals surface area contributed by atoms with Crippen LogP contribution in [0.5, 0.6) is 0 Å². The van der Waals surface area contributed by atoms with E-state index >= 15 is 0 Å². The van der Waals surface area contributed by atoms with Gasteiger partial charge in [-0.1, -0.05) is 39.0 Å². The van der Waals surface area contributed by atoms with E-state index in [1.54, 1.807) is 0 Å². The molecule has 0 spiro atoms. The summed E-state index contributed by atoms with van der Waals surface area (Å²) in [5, 5.41) is 11.8. The predicted octanol–water partition coefficient (Wildman–Crippen LogP) is 3.54. The molecule has 0 fully saturated rings. The van der Waals surface area contributed by atoms with Crippen LogP contribution >= 0.6 is 0 Å². The highest BCUT2D eigenvalue weighted by Gasteiger charge is 2.06. The standard InChI is InChI=1S/C16H31NO3/c1-3-4-5-6-7-11-15(18)13-17-14(2)10-8-9-12-16(19)20/h14,17H,3-13H2,1-2H3,(H,19,20). The molecular formula is C16H31NO3. The number of unbranched alkanes of at least 4 members (excludes halogenated alkanes) is 5. The van der Waals surface area contributed by atoms with Gasteiger partial charge in [-0.05, 0) is 26.2 Å². The molecule has 1 unspecified atom stereocenters. The highest BCUT2D eigenvalue weighted by molar-refractivity contribution is 5.80. The Balaban J connectivity index is 3.41. The lowest BCUT2D eigenvalue weighted by atomic mass is 10.1. The number of carboxylic acid groups (broad SMARTS) is 1. The second-order valence-corrected chi connectivity index (χ2v) is 5.62. The number of Topliss-reactive ketones (excluding diaryl/α,β-unsaturated/α-hetero) is 1. The van der Waals surface area contributed by atoms with Gasteiger partial charge in [-0.2, -0.15) is 0 Å². The molecule has 4 nitrogen and oxygen atoms in total. The number of hydrogen-bond acceptors (Lipinski definition) is 3. The zero-order valence-corrected chi connectivity index (χ0v) is 13.1. The molecule has 0 saturated carbocycles. The highest BCUT2D eigenvalue weighted by Crippen LogP contribution is 2.06. The first-order valence-electron chi connectivity index (χ1n) is 8.03. The van der Waals surface area contributed by atoms with Crippen molar-refractivity contribution in [3.8, 4) is 0 Å². The van der Waals surface area contributed by atoms with Crippen molar-refractivity contribution in [1.29, 1.82) is 0 Å². The van der Waals surface area contributed by atoms with Gasteiger partial charge in [-0.15, -0.1) is 0 Å². The van der Waals surface area contributed by atoms with E-state index in [-0.39, 0.29) is 12.5 Å². The molecule has 0 amide bonds. The minimum Gasteiger partial charge on any atom is -0.481 e. The number of carboxylic acids is 1. The van der Waals surface area contributed by atoms with E-state index in [0.717, 1.165) is 25.7 Å². The summed E-state index contributed by atoms with van der Waals surface area (Å²) in [6.45, 7) is 4.69. The van der Waals surface area contributed by atoms with Crippen LogP contribution in [0.25, 0.3) is 0 Å². The van der Waals surface area contributed by atoms with Gasteiger partial charge < -0.3 is 10.4 Å². The Morgan fingerprint density at radius 2 is 1.65 bits per heavy atom. The molecule has 20 heavy (non-hydrogen) atoms. The van der Waals surface area contributed by atoms with Crippen molar-refractivity contribution in [1.82, 2.24) is 5.32 Å². The fourth-order valence-corrected chi connectivity index (χ4v) is 2.13. The Hall–Kier alpha value is -0.900. The summed E-state index contributed by atoms with van der Waals surface area (Å²) < 4.78 is 0. The number of aliphatic carboxylic acids is 1. The fourth-order valence-electron chi connectivity index (χ4n) is 2.13. The Labute approximate surface area is 123 Å². The van der Waals surface area contributed by atoms with E-state index in [2.05, 4.69) is 19.2 Å². The van der Waals surface area contributed by atoms with E-state index in [0.29, 0.717) is 25.2 Å². The number of carbonyl (C=O) groups is 2. The zero-order valence-electron chi connectivity index (χ0n) is 13.1.